The quantitative estimate of drug-likeness (QED) is 0.672. The van der Waals surface area contributed by atoms with Gasteiger partial charge in [0, 0.05) is 6.54 Å². The van der Waals surface area contributed by atoms with E-state index in [2.05, 4.69) is 4.90 Å². The first-order valence-corrected chi connectivity index (χ1v) is 11.9. The smallest absolute Gasteiger partial charge is 0.258 e. The van der Waals surface area contributed by atoms with Gasteiger partial charge in [0.05, 0.1) is 42.3 Å². The summed E-state index contributed by atoms with van der Waals surface area (Å²) in [6, 6.07) is 1.10. The molecule has 3 aliphatic heterocycles. The molecule has 1 aromatic rings. The van der Waals surface area contributed by atoms with Crippen LogP contribution < -0.4 is 0 Å². The Hall–Kier alpha value is -1.84. The highest BCUT2D eigenvalue weighted by Crippen LogP contribution is 2.42. The standard InChI is InChI=1S/C20H27N3O5S.ClH/c1-13(2)17-18-15(23(20(17)25)29(3,26)27)6-10-22(18)19(24)14-7-11-28-16(14)12-21-8-4-5-9-21;/h6-7,11,13,17-18H,4-5,8-10,12H2,1-3H3;1H/t17-,18+;/m1./s1. The van der Waals surface area contributed by atoms with Gasteiger partial charge in [0.25, 0.3) is 5.91 Å². The molecule has 10 heteroatoms. The van der Waals surface area contributed by atoms with Gasteiger partial charge in [-0.2, -0.15) is 0 Å². The van der Waals surface area contributed by atoms with E-state index >= 15 is 0 Å². The molecule has 0 radical (unpaired) electrons. The number of carbonyl (C=O) groups excluding carboxylic acids is 2. The van der Waals surface area contributed by atoms with Crippen molar-refractivity contribution < 1.29 is 22.4 Å². The summed E-state index contributed by atoms with van der Waals surface area (Å²) >= 11 is 0. The van der Waals surface area contributed by atoms with Crippen molar-refractivity contribution in [2.24, 2.45) is 11.8 Å². The Bertz CT molecular complexity index is 965. The summed E-state index contributed by atoms with van der Waals surface area (Å²) in [6.07, 6.45) is 6.52. The molecule has 4 heterocycles. The van der Waals surface area contributed by atoms with Crippen LogP contribution >= 0.6 is 12.4 Å². The van der Waals surface area contributed by atoms with Gasteiger partial charge in [0.15, 0.2) is 0 Å². The molecule has 2 saturated heterocycles. The lowest BCUT2D eigenvalue weighted by Crippen LogP contribution is -2.43. The first-order valence-electron chi connectivity index (χ1n) is 10.0. The van der Waals surface area contributed by atoms with Crippen molar-refractivity contribution >= 4 is 34.2 Å². The average Bonchev–Trinajstić information content (AvgIpc) is 3.37. The van der Waals surface area contributed by atoms with Crippen LogP contribution in [0, 0.1) is 11.8 Å². The number of sulfonamides is 1. The van der Waals surface area contributed by atoms with Crippen LogP contribution in [-0.4, -0.2) is 66.3 Å². The Kier molecular flexibility index (Phi) is 6.36. The van der Waals surface area contributed by atoms with E-state index in [-0.39, 0.29) is 30.8 Å². The van der Waals surface area contributed by atoms with E-state index in [1.165, 1.54) is 6.26 Å². The number of amides is 2. The van der Waals surface area contributed by atoms with Gasteiger partial charge in [0.1, 0.15) is 5.76 Å². The molecule has 3 aliphatic rings. The maximum absolute atomic E-state index is 13.4. The molecule has 0 N–H and O–H groups in total. The van der Waals surface area contributed by atoms with Crippen LogP contribution in [0.3, 0.4) is 0 Å². The zero-order chi connectivity index (χ0) is 20.9. The third-order valence-corrected chi connectivity index (χ3v) is 7.10. The molecule has 4 rings (SSSR count). The van der Waals surface area contributed by atoms with Crippen molar-refractivity contribution in [2.45, 2.75) is 39.3 Å². The highest BCUT2D eigenvalue weighted by molar-refractivity contribution is 7.89. The first kappa shape index (κ1) is 22.8. The summed E-state index contributed by atoms with van der Waals surface area (Å²) in [6.45, 7) is 6.58. The zero-order valence-corrected chi connectivity index (χ0v) is 19.0. The minimum Gasteiger partial charge on any atom is -0.467 e. The van der Waals surface area contributed by atoms with Gasteiger partial charge in [-0.05, 0) is 44.0 Å². The highest BCUT2D eigenvalue weighted by atomic mass is 35.5. The Morgan fingerprint density at radius 2 is 1.93 bits per heavy atom. The Morgan fingerprint density at radius 3 is 2.53 bits per heavy atom. The van der Waals surface area contributed by atoms with Crippen molar-refractivity contribution in [3.05, 3.63) is 35.4 Å². The molecule has 0 aromatic carbocycles. The van der Waals surface area contributed by atoms with Crippen LogP contribution in [0.4, 0.5) is 0 Å². The summed E-state index contributed by atoms with van der Waals surface area (Å²) in [4.78, 5) is 30.2. The predicted octanol–water partition coefficient (Wildman–Crippen LogP) is 2.08. The molecule has 2 atom stereocenters. The minimum absolute atomic E-state index is 0. The summed E-state index contributed by atoms with van der Waals surface area (Å²) in [5.41, 5.74) is 0.883. The van der Waals surface area contributed by atoms with Gasteiger partial charge in [0.2, 0.25) is 15.9 Å². The second-order valence-corrected chi connectivity index (χ2v) is 10.2. The Labute approximate surface area is 183 Å². The van der Waals surface area contributed by atoms with E-state index < -0.39 is 27.9 Å². The van der Waals surface area contributed by atoms with Gasteiger partial charge < -0.3 is 9.32 Å². The van der Waals surface area contributed by atoms with Crippen LogP contribution in [0.1, 0.15) is 42.8 Å². The normalized spacial score (nSPS) is 24.4. The largest absolute Gasteiger partial charge is 0.467 e. The van der Waals surface area contributed by atoms with Gasteiger partial charge in [-0.3, -0.25) is 14.5 Å². The summed E-state index contributed by atoms with van der Waals surface area (Å²) in [5.74, 6) is -0.754. The molecule has 8 nitrogen and oxygen atoms in total. The summed E-state index contributed by atoms with van der Waals surface area (Å²) < 4.78 is 31.0. The van der Waals surface area contributed by atoms with E-state index in [1.54, 1.807) is 17.0 Å². The SMILES string of the molecule is CC(C)[C@H]1C(=O)N(S(C)(=O)=O)C2=CCN(C(=O)c3ccoc3CN3CCCC3)[C@@H]21.Cl. The van der Waals surface area contributed by atoms with Crippen molar-refractivity contribution in [3.63, 3.8) is 0 Å². The highest BCUT2D eigenvalue weighted by Gasteiger charge is 2.55. The fraction of sp³-hybridized carbons (Fsp3) is 0.600. The Morgan fingerprint density at radius 1 is 1.27 bits per heavy atom. The molecule has 2 fully saturated rings. The van der Waals surface area contributed by atoms with Crippen molar-refractivity contribution in [2.75, 3.05) is 25.9 Å². The monoisotopic (exact) mass is 457 g/mol. The number of likely N-dealkylation sites (tertiary alicyclic amines) is 1. The lowest BCUT2D eigenvalue weighted by molar-refractivity contribution is -0.128. The fourth-order valence-corrected chi connectivity index (χ4v) is 5.74. The molecule has 0 saturated carbocycles. The number of carbonyl (C=O) groups is 2. The first-order chi connectivity index (χ1) is 13.7. The minimum atomic E-state index is -3.75. The second-order valence-electron chi connectivity index (χ2n) is 8.41. The van der Waals surface area contributed by atoms with Gasteiger partial charge in [-0.15, -0.1) is 12.4 Å². The van der Waals surface area contributed by atoms with Crippen LogP contribution in [0.5, 0.6) is 0 Å². The van der Waals surface area contributed by atoms with Crippen LogP contribution in [0.2, 0.25) is 0 Å². The zero-order valence-electron chi connectivity index (χ0n) is 17.4. The topological polar surface area (TPSA) is 91.1 Å². The van der Waals surface area contributed by atoms with E-state index in [1.807, 2.05) is 13.8 Å². The number of halogens is 1. The molecule has 0 spiro atoms. The van der Waals surface area contributed by atoms with Crippen LogP contribution in [0.25, 0.3) is 0 Å². The maximum Gasteiger partial charge on any atom is 0.258 e. The van der Waals surface area contributed by atoms with Crippen molar-refractivity contribution in [3.8, 4) is 0 Å². The van der Waals surface area contributed by atoms with E-state index in [9.17, 15) is 18.0 Å². The van der Waals surface area contributed by atoms with E-state index in [4.69, 9.17) is 4.42 Å². The molecule has 1 aromatic heterocycles. The van der Waals surface area contributed by atoms with Gasteiger partial charge in [-0.25, -0.2) is 12.7 Å². The van der Waals surface area contributed by atoms with Crippen molar-refractivity contribution in [1.82, 2.24) is 14.1 Å². The molecule has 166 valence electrons. The van der Waals surface area contributed by atoms with E-state index in [0.717, 1.165) is 36.5 Å². The fourth-order valence-electron chi connectivity index (χ4n) is 4.73. The molecule has 0 unspecified atom stereocenters. The molecule has 30 heavy (non-hydrogen) atoms. The number of hydrogen-bond acceptors (Lipinski definition) is 6. The third kappa shape index (κ3) is 3.78. The second kappa shape index (κ2) is 8.36. The Balaban J connectivity index is 0.00000256. The number of rotatable bonds is 5. The number of fused-ring (bicyclic) bond motifs is 1. The molecule has 0 bridgehead atoms. The van der Waals surface area contributed by atoms with Gasteiger partial charge >= 0.3 is 0 Å². The van der Waals surface area contributed by atoms with Crippen molar-refractivity contribution in [1.29, 1.82) is 0 Å². The molecule has 2 amide bonds. The number of nitrogens with zero attached hydrogens (tertiary/aromatic N) is 3. The maximum atomic E-state index is 13.4. The molecular formula is C20H28ClN3O5S. The summed E-state index contributed by atoms with van der Waals surface area (Å²) in [5, 5.41) is 0. The summed E-state index contributed by atoms with van der Waals surface area (Å²) in [7, 11) is -3.75. The average molecular weight is 458 g/mol. The van der Waals surface area contributed by atoms with Crippen LogP contribution in [0.15, 0.2) is 28.5 Å². The van der Waals surface area contributed by atoms with E-state index in [0.29, 0.717) is 23.6 Å². The van der Waals surface area contributed by atoms with Crippen LogP contribution in [-0.2, 0) is 21.4 Å². The lowest BCUT2D eigenvalue weighted by atomic mass is 9.89. The molecule has 0 aliphatic carbocycles. The number of furan rings is 1. The lowest BCUT2D eigenvalue weighted by Gasteiger charge is -2.29. The van der Waals surface area contributed by atoms with Gasteiger partial charge in [-0.1, -0.05) is 13.8 Å². The third-order valence-electron chi connectivity index (χ3n) is 6.05. The predicted molar refractivity (Wildman–Crippen MR) is 113 cm³/mol. The number of hydrogen-bond donors (Lipinski definition) is 0. The molecular weight excluding hydrogens is 430 g/mol.